The first-order valence-electron chi connectivity index (χ1n) is 8.33. The molecular formula is C18H29FN4O. The van der Waals surface area contributed by atoms with Gasteiger partial charge in [-0.3, -0.25) is 4.79 Å². The van der Waals surface area contributed by atoms with Crippen molar-refractivity contribution in [3.05, 3.63) is 35.1 Å². The molecule has 0 aromatic heterocycles. The summed E-state index contributed by atoms with van der Waals surface area (Å²) in [4.78, 5) is 17.6. The second-order valence-electron chi connectivity index (χ2n) is 6.15. The highest BCUT2D eigenvalue weighted by Crippen LogP contribution is 2.10. The van der Waals surface area contributed by atoms with E-state index in [9.17, 15) is 9.18 Å². The number of hydrogen-bond acceptors (Lipinski definition) is 2. The van der Waals surface area contributed by atoms with Crippen LogP contribution in [0.15, 0.2) is 23.2 Å². The smallest absolute Gasteiger partial charge is 0.243 e. The molecule has 5 nitrogen and oxygen atoms in total. The Balaban J connectivity index is 2.63. The molecule has 0 aliphatic heterocycles. The summed E-state index contributed by atoms with van der Waals surface area (Å²) in [5, 5.41) is 6.52. The molecule has 0 radical (unpaired) electrons. The topological polar surface area (TPSA) is 56.7 Å². The van der Waals surface area contributed by atoms with Crippen LogP contribution < -0.4 is 10.6 Å². The average molecular weight is 336 g/mol. The average Bonchev–Trinajstić information content (AvgIpc) is 2.53. The molecule has 1 atom stereocenters. The van der Waals surface area contributed by atoms with Crippen molar-refractivity contribution >= 4 is 11.9 Å². The lowest BCUT2D eigenvalue weighted by atomic mass is 10.1. The van der Waals surface area contributed by atoms with Crippen molar-refractivity contribution in [2.24, 2.45) is 4.99 Å². The largest absolute Gasteiger partial charge is 0.356 e. The standard InChI is InChI=1S/C18H29FN4O/c1-6-14(3)22-18(21-12-17(24)23(4)5)20-10-9-15-7-8-16(19)11-13(15)2/h7-8,11,14H,6,9-10,12H2,1-5H3,(H2,20,21,22). The number of halogens is 1. The predicted molar refractivity (Wildman–Crippen MR) is 96.7 cm³/mol. The first kappa shape index (κ1) is 19.9. The van der Waals surface area contributed by atoms with Crippen LogP contribution in [-0.2, 0) is 11.2 Å². The predicted octanol–water partition coefficient (Wildman–Crippen LogP) is 2.10. The number of carbonyl (C=O) groups is 1. The second-order valence-corrected chi connectivity index (χ2v) is 6.15. The lowest BCUT2D eigenvalue weighted by molar-refractivity contribution is -0.127. The third-order valence-electron chi connectivity index (χ3n) is 3.86. The molecule has 0 aliphatic rings. The molecule has 0 saturated heterocycles. The SMILES string of the molecule is CCC(C)NC(=NCC(=O)N(C)C)NCCc1ccc(F)cc1C. The van der Waals surface area contributed by atoms with Crippen LogP contribution >= 0.6 is 0 Å². The Morgan fingerprint density at radius 3 is 2.67 bits per heavy atom. The molecule has 1 aromatic rings. The Bertz CT molecular complexity index is 572. The maximum atomic E-state index is 13.1. The normalized spacial score (nSPS) is 12.7. The van der Waals surface area contributed by atoms with Crippen LogP contribution in [0.4, 0.5) is 4.39 Å². The Labute approximate surface area is 144 Å². The Morgan fingerprint density at radius 1 is 1.38 bits per heavy atom. The maximum absolute atomic E-state index is 13.1. The lowest BCUT2D eigenvalue weighted by Gasteiger charge is -2.18. The summed E-state index contributed by atoms with van der Waals surface area (Å²) in [6, 6.07) is 5.08. The van der Waals surface area contributed by atoms with Gasteiger partial charge in [-0.1, -0.05) is 13.0 Å². The van der Waals surface area contributed by atoms with Crippen molar-refractivity contribution in [1.29, 1.82) is 0 Å². The summed E-state index contributed by atoms with van der Waals surface area (Å²) in [6.07, 6.45) is 1.72. The van der Waals surface area contributed by atoms with Gasteiger partial charge in [-0.05, 0) is 49.9 Å². The van der Waals surface area contributed by atoms with Gasteiger partial charge >= 0.3 is 0 Å². The van der Waals surface area contributed by atoms with Crippen molar-refractivity contribution in [2.75, 3.05) is 27.2 Å². The van der Waals surface area contributed by atoms with E-state index in [1.54, 1.807) is 20.2 Å². The number of likely N-dealkylation sites (N-methyl/N-ethyl adjacent to an activating group) is 1. The van der Waals surface area contributed by atoms with Crippen molar-refractivity contribution < 1.29 is 9.18 Å². The highest BCUT2D eigenvalue weighted by atomic mass is 19.1. The van der Waals surface area contributed by atoms with E-state index in [1.165, 1.54) is 17.0 Å². The molecule has 1 unspecified atom stereocenters. The molecule has 134 valence electrons. The quantitative estimate of drug-likeness (QED) is 0.592. The van der Waals surface area contributed by atoms with E-state index >= 15 is 0 Å². The van der Waals surface area contributed by atoms with Crippen LogP contribution in [0.1, 0.15) is 31.4 Å². The van der Waals surface area contributed by atoms with Crippen LogP contribution in [0, 0.1) is 12.7 Å². The summed E-state index contributed by atoms with van der Waals surface area (Å²) >= 11 is 0. The molecule has 0 heterocycles. The van der Waals surface area contributed by atoms with Gasteiger partial charge in [-0.15, -0.1) is 0 Å². The number of aryl methyl sites for hydroxylation is 1. The van der Waals surface area contributed by atoms with Crippen LogP contribution in [0.5, 0.6) is 0 Å². The first-order chi connectivity index (χ1) is 11.3. The fourth-order valence-corrected chi connectivity index (χ4v) is 2.03. The van der Waals surface area contributed by atoms with E-state index in [0.717, 1.165) is 24.0 Å². The highest BCUT2D eigenvalue weighted by Gasteiger charge is 2.07. The number of hydrogen-bond donors (Lipinski definition) is 2. The van der Waals surface area contributed by atoms with Crippen molar-refractivity contribution in [1.82, 2.24) is 15.5 Å². The Kier molecular flexibility index (Phi) is 8.22. The fraction of sp³-hybridized carbons (Fsp3) is 0.556. The molecule has 6 heteroatoms. The number of carbonyl (C=O) groups excluding carboxylic acids is 1. The zero-order valence-electron chi connectivity index (χ0n) is 15.3. The third-order valence-corrected chi connectivity index (χ3v) is 3.86. The number of nitrogens with zero attached hydrogens (tertiary/aromatic N) is 2. The van der Waals surface area contributed by atoms with Crippen molar-refractivity contribution in [3.8, 4) is 0 Å². The number of guanidine groups is 1. The van der Waals surface area contributed by atoms with Gasteiger partial charge < -0.3 is 15.5 Å². The molecule has 0 fully saturated rings. The minimum atomic E-state index is -0.216. The van der Waals surface area contributed by atoms with E-state index in [-0.39, 0.29) is 24.3 Å². The Morgan fingerprint density at radius 2 is 2.08 bits per heavy atom. The molecule has 24 heavy (non-hydrogen) atoms. The zero-order chi connectivity index (χ0) is 18.1. The number of aliphatic imine (C=N–C) groups is 1. The summed E-state index contributed by atoms with van der Waals surface area (Å²) in [5.41, 5.74) is 2.03. The minimum Gasteiger partial charge on any atom is -0.356 e. The lowest BCUT2D eigenvalue weighted by Crippen LogP contribution is -2.43. The van der Waals surface area contributed by atoms with E-state index in [4.69, 9.17) is 0 Å². The zero-order valence-corrected chi connectivity index (χ0v) is 15.3. The monoisotopic (exact) mass is 336 g/mol. The molecular weight excluding hydrogens is 307 g/mol. The number of benzene rings is 1. The van der Waals surface area contributed by atoms with Crippen LogP contribution in [-0.4, -0.2) is 50.0 Å². The number of nitrogens with one attached hydrogen (secondary N) is 2. The minimum absolute atomic E-state index is 0.0466. The molecule has 0 spiro atoms. The van der Waals surface area contributed by atoms with Crippen molar-refractivity contribution in [3.63, 3.8) is 0 Å². The summed E-state index contributed by atoms with van der Waals surface area (Å²) in [5.74, 6) is 0.362. The van der Waals surface area contributed by atoms with Crippen LogP contribution in [0.25, 0.3) is 0 Å². The summed E-state index contributed by atoms with van der Waals surface area (Å²) in [6.45, 7) is 6.82. The van der Waals surface area contributed by atoms with E-state index in [1.807, 2.05) is 6.92 Å². The van der Waals surface area contributed by atoms with Gasteiger partial charge in [0.1, 0.15) is 12.4 Å². The van der Waals surface area contributed by atoms with Gasteiger partial charge in [0.15, 0.2) is 5.96 Å². The molecule has 1 rings (SSSR count). The van der Waals surface area contributed by atoms with Crippen LogP contribution in [0.3, 0.4) is 0 Å². The molecule has 0 saturated carbocycles. The summed E-state index contributed by atoms with van der Waals surface area (Å²) in [7, 11) is 3.43. The molecule has 1 aromatic carbocycles. The van der Waals surface area contributed by atoms with Crippen LogP contribution in [0.2, 0.25) is 0 Å². The van der Waals surface area contributed by atoms with E-state index in [0.29, 0.717) is 12.5 Å². The van der Waals surface area contributed by atoms with Gasteiger partial charge in [0.25, 0.3) is 0 Å². The molecule has 0 aliphatic carbocycles. The summed E-state index contributed by atoms with van der Waals surface area (Å²) < 4.78 is 13.1. The Hall–Kier alpha value is -2.11. The molecule has 1 amide bonds. The van der Waals surface area contributed by atoms with Gasteiger partial charge in [0.05, 0.1) is 0 Å². The third kappa shape index (κ3) is 6.98. The maximum Gasteiger partial charge on any atom is 0.243 e. The number of amides is 1. The van der Waals surface area contributed by atoms with E-state index in [2.05, 4.69) is 29.5 Å². The first-order valence-corrected chi connectivity index (χ1v) is 8.33. The van der Waals surface area contributed by atoms with E-state index < -0.39 is 0 Å². The second kappa shape index (κ2) is 9.90. The van der Waals surface area contributed by atoms with Gasteiger partial charge in [-0.25, -0.2) is 9.38 Å². The highest BCUT2D eigenvalue weighted by molar-refractivity contribution is 5.84. The van der Waals surface area contributed by atoms with Gasteiger partial charge in [0.2, 0.25) is 5.91 Å². The fourth-order valence-electron chi connectivity index (χ4n) is 2.03. The molecule has 2 N–H and O–H groups in total. The van der Waals surface area contributed by atoms with Gasteiger partial charge in [-0.2, -0.15) is 0 Å². The number of rotatable bonds is 7. The van der Waals surface area contributed by atoms with Gasteiger partial charge in [0, 0.05) is 26.7 Å². The molecule has 0 bridgehead atoms. The van der Waals surface area contributed by atoms with Crippen molar-refractivity contribution in [2.45, 2.75) is 39.7 Å².